The number of aromatic hydroxyl groups is 1. The predicted molar refractivity (Wildman–Crippen MR) is 80.9 cm³/mol. The number of hydrogen-bond donors (Lipinski definition) is 1. The molecule has 1 N–H and O–H groups in total. The summed E-state index contributed by atoms with van der Waals surface area (Å²) in [6, 6.07) is 16.1. The largest absolute Gasteiger partial charge is 0.508 e. The van der Waals surface area contributed by atoms with E-state index >= 15 is 0 Å². The van der Waals surface area contributed by atoms with E-state index in [0.717, 1.165) is 19.5 Å². The molecule has 0 amide bonds. The van der Waals surface area contributed by atoms with E-state index in [1.807, 2.05) is 12.1 Å². The standard InChI is InChI=1S/C17H21NO/c1-3-18(16-8-4-6-14(2)12-16)11-10-15-7-5-9-17(19)13-15/h4-9,12-13,19H,3,10-11H2,1-2H3. The zero-order valence-corrected chi connectivity index (χ0v) is 11.6. The maximum atomic E-state index is 9.48. The molecule has 100 valence electrons. The topological polar surface area (TPSA) is 23.5 Å². The molecule has 0 aromatic heterocycles. The molecule has 0 aliphatic heterocycles. The van der Waals surface area contributed by atoms with Crippen molar-refractivity contribution in [3.05, 3.63) is 59.7 Å². The van der Waals surface area contributed by atoms with Gasteiger partial charge in [0.05, 0.1) is 0 Å². The fourth-order valence-corrected chi connectivity index (χ4v) is 2.27. The summed E-state index contributed by atoms with van der Waals surface area (Å²) in [7, 11) is 0. The number of anilines is 1. The van der Waals surface area contributed by atoms with E-state index < -0.39 is 0 Å². The third-order valence-corrected chi connectivity index (χ3v) is 3.33. The van der Waals surface area contributed by atoms with Gasteiger partial charge in [0.15, 0.2) is 0 Å². The van der Waals surface area contributed by atoms with Crippen molar-refractivity contribution >= 4 is 5.69 Å². The molecule has 0 saturated carbocycles. The molecule has 2 heteroatoms. The van der Waals surface area contributed by atoms with Crippen LogP contribution in [0.25, 0.3) is 0 Å². The molecule has 0 radical (unpaired) electrons. The zero-order valence-electron chi connectivity index (χ0n) is 11.6. The van der Waals surface area contributed by atoms with Crippen LogP contribution in [-0.4, -0.2) is 18.2 Å². The minimum atomic E-state index is 0.344. The SMILES string of the molecule is CCN(CCc1cccc(O)c1)c1cccc(C)c1. The monoisotopic (exact) mass is 255 g/mol. The highest BCUT2D eigenvalue weighted by atomic mass is 16.3. The Bertz CT molecular complexity index is 536. The highest BCUT2D eigenvalue weighted by Gasteiger charge is 2.05. The number of nitrogens with zero attached hydrogens (tertiary/aromatic N) is 1. The van der Waals surface area contributed by atoms with Gasteiger partial charge in [-0.25, -0.2) is 0 Å². The lowest BCUT2D eigenvalue weighted by atomic mass is 10.1. The van der Waals surface area contributed by atoms with Gasteiger partial charge in [-0.05, 0) is 55.7 Å². The molecule has 2 aromatic rings. The maximum Gasteiger partial charge on any atom is 0.115 e. The van der Waals surface area contributed by atoms with Gasteiger partial charge in [0.2, 0.25) is 0 Å². The summed E-state index contributed by atoms with van der Waals surface area (Å²) < 4.78 is 0. The molecular weight excluding hydrogens is 234 g/mol. The Kier molecular flexibility index (Phi) is 4.45. The molecule has 0 unspecified atom stereocenters. The van der Waals surface area contributed by atoms with Gasteiger partial charge >= 0.3 is 0 Å². The third kappa shape index (κ3) is 3.75. The number of hydrogen-bond acceptors (Lipinski definition) is 2. The van der Waals surface area contributed by atoms with Crippen molar-refractivity contribution in [2.75, 3.05) is 18.0 Å². The Labute approximate surface area is 115 Å². The van der Waals surface area contributed by atoms with Crippen molar-refractivity contribution in [2.45, 2.75) is 20.3 Å². The summed E-state index contributed by atoms with van der Waals surface area (Å²) in [6.07, 6.45) is 0.941. The normalized spacial score (nSPS) is 10.4. The fraction of sp³-hybridized carbons (Fsp3) is 0.294. The lowest BCUT2D eigenvalue weighted by Crippen LogP contribution is -2.25. The van der Waals surface area contributed by atoms with Crippen LogP contribution in [0, 0.1) is 6.92 Å². The number of likely N-dealkylation sites (N-methyl/N-ethyl adjacent to an activating group) is 1. The van der Waals surface area contributed by atoms with Crippen molar-refractivity contribution < 1.29 is 5.11 Å². The number of aryl methyl sites for hydroxylation is 1. The fourth-order valence-electron chi connectivity index (χ4n) is 2.27. The zero-order chi connectivity index (χ0) is 13.7. The molecule has 19 heavy (non-hydrogen) atoms. The van der Waals surface area contributed by atoms with E-state index in [4.69, 9.17) is 0 Å². The van der Waals surface area contributed by atoms with Crippen LogP contribution < -0.4 is 4.90 Å². The smallest absolute Gasteiger partial charge is 0.115 e. The maximum absolute atomic E-state index is 9.48. The molecule has 0 saturated heterocycles. The Hall–Kier alpha value is -1.96. The molecule has 0 heterocycles. The molecule has 2 nitrogen and oxygen atoms in total. The molecule has 2 aromatic carbocycles. The first-order chi connectivity index (χ1) is 9.19. The molecule has 0 aliphatic carbocycles. The first-order valence-electron chi connectivity index (χ1n) is 6.78. The van der Waals surface area contributed by atoms with Crippen molar-refractivity contribution in [1.82, 2.24) is 0 Å². The first-order valence-corrected chi connectivity index (χ1v) is 6.78. The quantitative estimate of drug-likeness (QED) is 0.879. The summed E-state index contributed by atoms with van der Waals surface area (Å²) in [5.41, 5.74) is 3.72. The van der Waals surface area contributed by atoms with Gasteiger partial charge in [0, 0.05) is 18.8 Å². The summed E-state index contributed by atoms with van der Waals surface area (Å²) >= 11 is 0. The number of benzene rings is 2. The van der Waals surface area contributed by atoms with Crippen LogP contribution in [0.5, 0.6) is 5.75 Å². The van der Waals surface area contributed by atoms with Crippen LogP contribution in [0.1, 0.15) is 18.1 Å². The average molecular weight is 255 g/mol. The van der Waals surface area contributed by atoms with Gasteiger partial charge in [0.1, 0.15) is 5.75 Å². The second-order valence-corrected chi connectivity index (χ2v) is 4.84. The van der Waals surface area contributed by atoms with Crippen LogP contribution in [0.15, 0.2) is 48.5 Å². The second-order valence-electron chi connectivity index (χ2n) is 4.84. The van der Waals surface area contributed by atoms with E-state index in [1.165, 1.54) is 16.8 Å². The van der Waals surface area contributed by atoms with E-state index in [0.29, 0.717) is 5.75 Å². The summed E-state index contributed by atoms with van der Waals surface area (Å²) in [4.78, 5) is 2.36. The van der Waals surface area contributed by atoms with Crippen molar-refractivity contribution in [2.24, 2.45) is 0 Å². The number of phenols is 1. The second kappa shape index (κ2) is 6.28. The van der Waals surface area contributed by atoms with Gasteiger partial charge in [-0.2, -0.15) is 0 Å². The Balaban J connectivity index is 2.04. The van der Waals surface area contributed by atoms with Crippen molar-refractivity contribution in [3.8, 4) is 5.75 Å². The minimum absolute atomic E-state index is 0.344. The Morgan fingerprint density at radius 1 is 1.05 bits per heavy atom. The third-order valence-electron chi connectivity index (χ3n) is 3.33. The van der Waals surface area contributed by atoms with Crippen LogP contribution in [-0.2, 0) is 6.42 Å². The van der Waals surface area contributed by atoms with Gasteiger partial charge in [-0.15, -0.1) is 0 Å². The molecule has 0 atom stereocenters. The van der Waals surface area contributed by atoms with Crippen LogP contribution in [0.4, 0.5) is 5.69 Å². The summed E-state index contributed by atoms with van der Waals surface area (Å²) in [6.45, 7) is 6.24. The first kappa shape index (κ1) is 13.5. The highest BCUT2D eigenvalue weighted by molar-refractivity contribution is 5.48. The lowest BCUT2D eigenvalue weighted by Gasteiger charge is -2.23. The van der Waals surface area contributed by atoms with Crippen molar-refractivity contribution in [3.63, 3.8) is 0 Å². The predicted octanol–water partition coefficient (Wildman–Crippen LogP) is 3.77. The Morgan fingerprint density at radius 2 is 1.84 bits per heavy atom. The van der Waals surface area contributed by atoms with Gasteiger partial charge in [-0.1, -0.05) is 24.3 Å². The molecule has 2 rings (SSSR count). The number of rotatable bonds is 5. The molecule has 0 bridgehead atoms. The van der Waals surface area contributed by atoms with Gasteiger partial charge < -0.3 is 10.0 Å². The van der Waals surface area contributed by atoms with Gasteiger partial charge in [-0.3, -0.25) is 0 Å². The van der Waals surface area contributed by atoms with Gasteiger partial charge in [0.25, 0.3) is 0 Å². The van der Waals surface area contributed by atoms with E-state index in [9.17, 15) is 5.11 Å². The van der Waals surface area contributed by atoms with E-state index in [-0.39, 0.29) is 0 Å². The van der Waals surface area contributed by atoms with Crippen molar-refractivity contribution in [1.29, 1.82) is 0 Å². The molecular formula is C17H21NO. The molecule has 0 fully saturated rings. The lowest BCUT2D eigenvalue weighted by molar-refractivity contribution is 0.474. The van der Waals surface area contributed by atoms with Crippen LogP contribution in [0.2, 0.25) is 0 Å². The van der Waals surface area contributed by atoms with E-state index in [2.05, 4.69) is 49.1 Å². The molecule has 0 spiro atoms. The minimum Gasteiger partial charge on any atom is -0.508 e. The van der Waals surface area contributed by atoms with Crippen LogP contribution >= 0.6 is 0 Å². The molecule has 0 aliphatic rings. The summed E-state index contributed by atoms with van der Waals surface area (Å²) in [5.74, 6) is 0.344. The van der Waals surface area contributed by atoms with Crippen LogP contribution in [0.3, 0.4) is 0 Å². The Morgan fingerprint density at radius 3 is 2.53 bits per heavy atom. The summed E-state index contributed by atoms with van der Waals surface area (Å²) in [5, 5.41) is 9.48. The average Bonchev–Trinajstić information content (AvgIpc) is 2.40. The van der Waals surface area contributed by atoms with E-state index in [1.54, 1.807) is 6.07 Å². The highest BCUT2D eigenvalue weighted by Crippen LogP contribution is 2.17. The number of phenolic OH excluding ortho intramolecular Hbond substituents is 1.